The highest BCUT2D eigenvalue weighted by atomic mass is 35.5. The van der Waals surface area contributed by atoms with E-state index in [9.17, 15) is 14.4 Å². The molecule has 1 aromatic rings. The minimum atomic E-state index is -0.933. The van der Waals surface area contributed by atoms with E-state index in [2.05, 4.69) is 10.6 Å². The molecule has 1 aliphatic heterocycles. The molecule has 2 N–H and O–H groups in total. The van der Waals surface area contributed by atoms with Gasteiger partial charge < -0.3 is 10.6 Å². The van der Waals surface area contributed by atoms with Gasteiger partial charge in [0.2, 0.25) is 5.91 Å². The summed E-state index contributed by atoms with van der Waals surface area (Å²) in [6.45, 7) is 3.13. The predicted octanol–water partition coefficient (Wildman–Crippen LogP) is 2.00. The molecule has 1 fully saturated rings. The molecule has 0 spiro atoms. The van der Waals surface area contributed by atoms with E-state index in [4.69, 9.17) is 11.6 Å². The van der Waals surface area contributed by atoms with Crippen LogP contribution in [0.1, 0.15) is 20.3 Å². The van der Waals surface area contributed by atoms with Crippen LogP contribution in [0.4, 0.5) is 10.5 Å². The molecule has 0 aromatic heterocycles. The topological polar surface area (TPSA) is 78.5 Å². The summed E-state index contributed by atoms with van der Waals surface area (Å²) in [5, 5.41) is 5.76. The van der Waals surface area contributed by atoms with Crippen molar-refractivity contribution < 1.29 is 14.4 Å². The van der Waals surface area contributed by atoms with Gasteiger partial charge in [-0.3, -0.25) is 14.5 Å². The second kappa shape index (κ2) is 5.73. The quantitative estimate of drug-likeness (QED) is 0.835. The largest absolute Gasteiger partial charge is 0.325 e. The number of hydrogen-bond acceptors (Lipinski definition) is 3. The van der Waals surface area contributed by atoms with Crippen LogP contribution < -0.4 is 10.6 Å². The molecular weight excluding hydrogens is 294 g/mol. The van der Waals surface area contributed by atoms with Gasteiger partial charge in [-0.2, -0.15) is 0 Å². The van der Waals surface area contributed by atoms with E-state index >= 15 is 0 Å². The Morgan fingerprint density at radius 2 is 1.95 bits per heavy atom. The van der Waals surface area contributed by atoms with Gasteiger partial charge in [0.15, 0.2) is 0 Å². The lowest BCUT2D eigenvalue weighted by molar-refractivity contribution is -0.133. The Bertz CT molecular complexity index is 588. The lowest BCUT2D eigenvalue weighted by Crippen LogP contribution is -2.44. The standard InChI is InChI=1S/C14H16ClN3O3/c1-3-14(2)12(20)18(13(21)17-14)8-11(19)16-10-6-4-9(15)5-7-10/h4-7H,3,8H2,1-2H3,(H,16,19)(H,17,21)/t14-/m1/s1. The molecule has 21 heavy (non-hydrogen) atoms. The third kappa shape index (κ3) is 3.16. The van der Waals surface area contributed by atoms with Crippen LogP contribution in [0, 0.1) is 0 Å². The van der Waals surface area contributed by atoms with Gasteiger partial charge in [0, 0.05) is 10.7 Å². The van der Waals surface area contributed by atoms with Crippen LogP contribution in [0.15, 0.2) is 24.3 Å². The smallest absolute Gasteiger partial charge is 0.325 e. The number of nitrogens with zero attached hydrogens (tertiary/aromatic N) is 1. The van der Waals surface area contributed by atoms with Crippen LogP contribution in [0.3, 0.4) is 0 Å². The molecule has 1 saturated heterocycles. The molecule has 0 saturated carbocycles. The number of urea groups is 1. The summed E-state index contributed by atoms with van der Waals surface area (Å²) in [7, 11) is 0. The van der Waals surface area contributed by atoms with Gasteiger partial charge >= 0.3 is 6.03 Å². The first kappa shape index (κ1) is 15.3. The van der Waals surface area contributed by atoms with Crippen LogP contribution in [0.25, 0.3) is 0 Å². The number of imide groups is 1. The SMILES string of the molecule is CC[C@@]1(C)NC(=O)N(CC(=O)Nc2ccc(Cl)cc2)C1=O. The van der Waals surface area contributed by atoms with Gasteiger partial charge in [0.1, 0.15) is 12.1 Å². The molecular formula is C14H16ClN3O3. The van der Waals surface area contributed by atoms with Crippen LogP contribution in [-0.2, 0) is 9.59 Å². The van der Waals surface area contributed by atoms with Gasteiger partial charge in [-0.25, -0.2) is 4.79 Å². The fraction of sp³-hybridized carbons (Fsp3) is 0.357. The fourth-order valence-electron chi connectivity index (χ4n) is 2.01. The minimum absolute atomic E-state index is 0.317. The summed E-state index contributed by atoms with van der Waals surface area (Å²) < 4.78 is 0. The van der Waals surface area contributed by atoms with E-state index in [1.54, 1.807) is 38.1 Å². The average molecular weight is 310 g/mol. The number of nitrogens with one attached hydrogen (secondary N) is 2. The Hall–Kier alpha value is -2.08. The Labute approximate surface area is 127 Å². The first-order chi connectivity index (χ1) is 9.85. The summed E-state index contributed by atoms with van der Waals surface area (Å²) in [6.07, 6.45) is 0.465. The number of halogens is 1. The molecule has 4 amide bonds. The third-order valence-corrected chi connectivity index (χ3v) is 3.73. The number of rotatable bonds is 4. The molecule has 1 heterocycles. The van der Waals surface area contributed by atoms with Gasteiger partial charge in [-0.15, -0.1) is 0 Å². The summed E-state index contributed by atoms with van der Waals surface area (Å²) in [5.74, 6) is -0.831. The van der Waals surface area contributed by atoms with Crippen LogP contribution in [-0.4, -0.2) is 34.8 Å². The molecule has 0 aliphatic carbocycles. The van der Waals surface area contributed by atoms with Crippen molar-refractivity contribution in [3.8, 4) is 0 Å². The highest BCUT2D eigenvalue weighted by molar-refractivity contribution is 6.30. The van der Waals surface area contributed by atoms with Crippen LogP contribution >= 0.6 is 11.6 Å². The summed E-state index contributed by atoms with van der Waals surface area (Å²) in [5.41, 5.74) is -0.382. The average Bonchev–Trinajstić information content (AvgIpc) is 2.66. The zero-order valence-electron chi connectivity index (χ0n) is 11.8. The van der Waals surface area contributed by atoms with Crippen molar-refractivity contribution in [2.24, 2.45) is 0 Å². The first-order valence-electron chi connectivity index (χ1n) is 6.55. The second-order valence-electron chi connectivity index (χ2n) is 5.06. The van der Waals surface area contributed by atoms with E-state index < -0.39 is 17.5 Å². The van der Waals surface area contributed by atoms with E-state index in [0.717, 1.165) is 4.90 Å². The molecule has 0 unspecified atom stereocenters. The van der Waals surface area contributed by atoms with Crippen molar-refractivity contribution in [1.29, 1.82) is 0 Å². The number of amides is 4. The van der Waals surface area contributed by atoms with Crippen LogP contribution in [0.2, 0.25) is 5.02 Å². The van der Waals surface area contributed by atoms with Crippen LogP contribution in [0.5, 0.6) is 0 Å². The van der Waals surface area contributed by atoms with E-state index in [0.29, 0.717) is 17.1 Å². The second-order valence-corrected chi connectivity index (χ2v) is 5.50. The fourth-order valence-corrected chi connectivity index (χ4v) is 2.13. The monoisotopic (exact) mass is 309 g/mol. The molecule has 112 valence electrons. The number of carbonyl (C=O) groups excluding carboxylic acids is 3. The van der Waals surface area contributed by atoms with E-state index in [1.165, 1.54) is 0 Å². The van der Waals surface area contributed by atoms with Gasteiger partial charge in [-0.1, -0.05) is 18.5 Å². The van der Waals surface area contributed by atoms with Crippen molar-refractivity contribution in [3.05, 3.63) is 29.3 Å². The molecule has 1 atom stereocenters. The molecule has 1 aromatic carbocycles. The van der Waals surface area contributed by atoms with Crippen molar-refractivity contribution in [3.63, 3.8) is 0 Å². The Morgan fingerprint density at radius 1 is 1.33 bits per heavy atom. The van der Waals surface area contributed by atoms with Crippen molar-refractivity contribution in [1.82, 2.24) is 10.2 Å². The molecule has 7 heteroatoms. The lowest BCUT2D eigenvalue weighted by atomic mass is 9.99. The summed E-state index contributed by atoms with van der Waals surface area (Å²) >= 11 is 5.75. The van der Waals surface area contributed by atoms with E-state index in [1.807, 2.05) is 0 Å². The maximum Gasteiger partial charge on any atom is 0.325 e. The normalized spacial score (nSPS) is 21.4. The van der Waals surface area contributed by atoms with Gasteiger partial charge in [-0.05, 0) is 37.6 Å². The summed E-state index contributed by atoms with van der Waals surface area (Å²) in [6, 6.07) is 6.01. The third-order valence-electron chi connectivity index (χ3n) is 3.48. The van der Waals surface area contributed by atoms with Crippen molar-refractivity contribution >= 4 is 35.1 Å². The van der Waals surface area contributed by atoms with Crippen molar-refractivity contribution in [2.45, 2.75) is 25.8 Å². The van der Waals surface area contributed by atoms with Gasteiger partial charge in [0.05, 0.1) is 0 Å². The first-order valence-corrected chi connectivity index (χ1v) is 6.93. The number of anilines is 1. The van der Waals surface area contributed by atoms with E-state index in [-0.39, 0.29) is 12.5 Å². The highest BCUT2D eigenvalue weighted by Crippen LogP contribution is 2.20. The highest BCUT2D eigenvalue weighted by Gasteiger charge is 2.46. The lowest BCUT2D eigenvalue weighted by Gasteiger charge is -2.19. The molecule has 6 nitrogen and oxygen atoms in total. The maximum atomic E-state index is 12.1. The maximum absolute atomic E-state index is 12.1. The minimum Gasteiger partial charge on any atom is -0.325 e. The Balaban J connectivity index is 2.01. The predicted molar refractivity (Wildman–Crippen MR) is 79.0 cm³/mol. The zero-order chi connectivity index (χ0) is 15.6. The number of carbonyl (C=O) groups is 3. The number of benzene rings is 1. The zero-order valence-corrected chi connectivity index (χ0v) is 12.5. The Morgan fingerprint density at radius 3 is 2.48 bits per heavy atom. The molecule has 2 rings (SSSR count). The van der Waals surface area contributed by atoms with Gasteiger partial charge in [0.25, 0.3) is 5.91 Å². The molecule has 0 radical (unpaired) electrons. The molecule has 0 bridgehead atoms. The summed E-state index contributed by atoms with van der Waals surface area (Å²) in [4.78, 5) is 36.8. The number of hydrogen-bond donors (Lipinski definition) is 2. The molecule has 1 aliphatic rings. The van der Waals surface area contributed by atoms with Crippen molar-refractivity contribution in [2.75, 3.05) is 11.9 Å². The Kier molecular flexibility index (Phi) is 4.18.